The summed E-state index contributed by atoms with van der Waals surface area (Å²) in [6.45, 7) is 3.22. The van der Waals surface area contributed by atoms with Crippen LogP contribution in [-0.4, -0.2) is 35.1 Å². The molecule has 0 aromatic heterocycles. The molecule has 1 aromatic carbocycles. The average Bonchev–Trinajstić information content (AvgIpc) is 2.52. The molecule has 0 saturated carbocycles. The van der Waals surface area contributed by atoms with E-state index in [0.717, 1.165) is 7.11 Å². The Bertz CT molecular complexity index is 635. The van der Waals surface area contributed by atoms with E-state index in [0.29, 0.717) is 5.56 Å². The lowest BCUT2D eigenvalue weighted by atomic mass is 10.2. The first kappa shape index (κ1) is 21.3. The number of halogens is 3. The minimum absolute atomic E-state index is 0.0629. The number of benzene rings is 1. The van der Waals surface area contributed by atoms with Crippen LogP contribution in [0.5, 0.6) is 0 Å². The number of carbonyl (C=O) groups excluding carboxylic acids is 1. The van der Waals surface area contributed by atoms with Crippen LogP contribution >= 0.6 is 42.3 Å². The second kappa shape index (κ2) is 9.07. The van der Waals surface area contributed by atoms with Crippen LogP contribution in [0.2, 0.25) is 0 Å². The standard InChI is InChI=1S/C14H18Cl3N2O4P/c1-4-23-12(11-8-6-5-7-9-11)19-24(21,22-3)13(14(15,16)17)18-10(2)20/h5-9,13H,4H2,1-3H3,(H,18,20)/b19-12-. The molecule has 6 nitrogen and oxygen atoms in total. The minimum Gasteiger partial charge on any atom is -0.477 e. The maximum Gasteiger partial charge on any atom is 0.343 e. The van der Waals surface area contributed by atoms with Gasteiger partial charge >= 0.3 is 7.52 Å². The minimum atomic E-state index is -4.00. The first-order chi connectivity index (χ1) is 11.1. The molecule has 0 aliphatic carbocycles. The van der Waals surface area contributed by atoms with Crippen LogP contribution in [0.1, 0.15) is 19.4 Å². The second-order valence-corrected chi connectivity index (χ2v) is 9.17. The van der Waals surface area contributed by atoms with Crippen molar-refractivity contribution < 1.29 is 18.6 Å². The number of carbonyl (C=O) groups is 1. The molecule has 0 aliphatic heterocycles. The van der Waals surface area contributed by atoms with Crippen LogP contribution < -0.4 is 5.32 Å². The summed E-state index contributed by atoms with van der Waals surface area (Å²) in [5, 5.41) is 2.32. The first-order valence-corrected chi connectivity index (χ1v) is 9.69. The Morgan fingerprint density at radius 3 is 2.33 bits per heavy atom. The number of nitrogens with zero attached hydrogens (tertiary/aromatic N) is 1. The smallest absolute Gasteiger partial charge is 0.343 e. The Morgan fingerprint density at radius 2 is 1.92 bits per heavy atom. The molecule has 134 valence electrons. The summed E-state index contributed by atoms with van der Waals surface area (Å²) in [6, 6.07) is 8.78. The van der Waals surface area contributed by atoms with E-state index in [-0.39, 0.29) is 12.5 Å². The van der Waals surface area contributed by atoms with Gasteiger partial charge in [-0.1, -0.05) is 53.0 Å². The van der Waals surface area contributed by atoms with Gasteiger partial charge in [0.15, 0.2) is 5.78 Å². The van der Waals surface area contributed by atoms with Crippen LogP contribution in [0.3, 0.4) is 0 Å². The highest BCUT2D eigenvalue weighted by molar-refractivity contribution is 7.59. The average molecular weight is 416 g/mol. The Hall–Kier alpha value is -0.780. The van der Waals surface area contributed by atoms with E-state index in [1.807, 2.05) is 6.07 Å². The zero-order valence-electron chi connectivity index (χ0n) is 13.3. The fourth-order valence-electron chi connectivity index (χ4n) is 1.76. The van der Waals surface area contributed by atoms with Gasteiger partial charge in [0, 0.05) is 19.6 Å². The molecule has 0 spiro atoms. The summed E-state index contributed by atoms with van der Waals surface area (Å²) >= 11 is 17.6. The van der Waals surface area contributed by atoms with Gasteiger partial charge in [0.25, 0.3) is 0 Å². The number of ether oxygens (including phenoxy) is 1. The Labute approximate surface area is 156 Å². The number of nitrogens with one attached hydrogen (secondary N) is 1. The quantitative estimate of drug-likeness (QED) is 0.328. The molecule has 1 aromatic rings. The van der Waals surface area contributed by atoms with E-state index >= 15 is 0 Å². The molecule has 0 fully saturated rings. The Balaban J connectivity index is 3.40. The zero-order valence-corrected chi connectivity index (χ0v) is 16.5. The third kappa shape index (κ3) is 5.94. The number of amides is 1. The van der Waals surface area contributed by atoms with Crippen molar-refractivity contribution in [2.45, 2.75) is 23.4 Å². The molecule has 1 N–H and O–H groups in total. The topological polar surface area (TPSA) is 77.0 Å². The van der Waals surface area contributed by atoms with Crippen LogP contribution in [0.25, 0.3) is 0 Å². The lowest BCUT2D eigenvalue weighted by molar-refractivity contribution is -0.119. The third-order valence-corrected chi connectivity index (χ3v) is 6.03. The predicted molar refractivity (Wildman–Crippen MR) is 97.1 cm³/mol. The fraction of sp³-hybridized carbons (Fsp3) is 0.429. The number of hydrogen-bond acceptors (Lipinski definition) is 4. The number of alkyl halides is 3. The molecule has 10 heteroatoms. The molecule has 2 atom stereocenters. The summed E-state index contributed by atoms with van der Waals surface area (Å²) in [5.41, 5.74) is 0.572. The van der Waals surface area contributed by atoms with Crippen LogP contribution in [0.15, 0.2) is 35.1 Å². The predicted octanol–water partition coefficient (Wildman–Crippen LogP) is 4.14. The molecule has 0 saturated heterocycles. The molecule has 24 heavy (non-hydrogen) atoms. The summed E-state index contributed by atoms with van der Waals surface area (Å²) in [7, 11) is -2.85. The van der Waals surface area contributed by atoms with Gasteiger partial charge in [0.05, 0.1) is 6.61 Å². The lowest BCUT2D eigenvalue weighted by Crippen LogP contribution is -2.42. The highest BCUT2D eigenvalue weighted by Gasteiger charge is 2.48. The van der Waals surface area contributed by atoms with E-state index in [9.17, 15) is 9.36 Å². The molecule has 0 aliphatic rings. The van der Waals surface area contributed by atoms with Crippen molar-refractivity contribution in [3.05, 3.63) is 35.9 Å². The molecule has 0 radical (unpaired) electrons. The highest BCUT2D eigenvalue weighted by Crippen LogP contribution is 2.59. The molecule has 0 bridgehead atoms. The van der Waals surface area contributed by atoms with Crippen LogP contribution in [0, 0.1) is 0 Å². The second-order valence-electron chi connectivity index (χ2n) is 4.60. The van der Waals surface area contributed by atoms with E-state index < -0.39 is 23.0 Å². The normalized spacial score (nSPS) is 16.2. The van der Waals surface area contributed by atoms with E-state index in [4.69, 9.17) is 44.1 Å². The van der Waals surface area contributed by atoms with Gasteiger partial charge in [-0.05, 0) is 19.1 Å². The van der Waals surface area contributed by atoms with Crippen molar-refractivity contribution in [2.75, 3.05) is 13.7 Å². The van der Waals surface area contributed by atoms with Gasteiger partial charge in [-0.3, -0.25) is 9.36 Å². The van der Waals surface area contributed by atoms with Crippen molar-refractivity contribution in [3.8, 4) is 0 Å². The summed E-state index contributed by atoms with van der Waals surface area (Å²) < 4.78 is 25.6. The Kier molecular flexibility index (Phi) is 8.03. The Morgan fingerprint density at radius 1 is 1.33 bits per heavy atom. The largest absolute Gasteiger partial charge is 0.477 e. The maximum atomic E-state index is 13.2. The van der Waals surface area contributed by atoms with Gasteiger partial charge < -0.3 is 14.6 Å². The van der Waals surface area contributed by atoms with Crippen LogP contribution in [0.4, 0.5) is 0 Å². The summed E-state index contributed by atoms with van der Waals surface area (Å²) in [6.07, 6.45) is 0. The van der Waals surface area contributed by atoms with Gasteiger partial charge in [-0.2, -0.15) is 4.76 Å². The SMILES string of the molecule is CCO/C(=N\P(=O)(OC)C(NC(C)=O)C(Cl)(Cl)Cl)c1ccccc1. The monoisotopic (exact) mass is 414 g/mol. The third-order valence-electron chi connectivity index (χ3n) is 2.77. The molecule has 2 unspecified atom stereocenters. The number of rotatable bonds is 6. The zero-order chi connectivity index (χ0) is 18.4. The summed E-state index contributed by atoms with van der Waals surface area (Å²) in [4.78, 5) is 11.4. The lowest BCUT2D eigenvalue weighted by Gasteiger charge is -2.29. The van der Waals surface area contributed by atoms with Gasteiger partial charge in [0.2, 0.25) is 15.6 Å². The van der Waals surface area contributed by atoms with Crippen molar-refractivity contribution in [1.29, 1.82) is 0 Å². The van der Waals surface area contributed by atoms with E-state index in [1.54, 1.807) is 31.2 Å². The fourth-order valence-corrected chi connectivity index (χ4v) is 4.58. The molecule has 0 heterocycles. The molecular formula is C14H18Cl3N2O4P. The summed E-state index contributed by atoms with van der Waals surface area (Å²) in [5.74, 6) is -1.96. The molecule has 1 rings (SSSR count). The van der Waals surface area contributed by atoms with Crippen molar-refractivity contribution >= 4 is 54.1 Å². The first-order valence-electron chi connectivity index (χ1n) is 6.91. The van der Waals surface area contributed by atoms with Crippen LogP contribution in [-0.2, 0) is 18.6 Å². The van der Waals surface area contributed by atoms with Gasteiger partial charge in [-0.25, -0.2) is 0 Å². The number of hydrogen-bond donors (Lipinski definition) is 1. The van der Waals surface area contributed by atoms with Gasteiger partial charge in [-0.15, -0.1) is 0 Å². The van der Waals surface area contributed by atoms with Gasteiger partial charge in [0.1, 0.15) is 0 Å². The molecular weight excluding hydrogens is 397 g/mol. The molecule has 1 amide bonds. The van der Waals surface area contributed by atoms with E-state index in [2.05, 4.69) is 10.1 Å². The highest BCUT2D eigenvalue weighted by atomic mass is 35.6. The van der Waals surface area contributed by atoms with Crippen molar-refractivity contribution in [1.82, 2.24) is 5.32 Å². The maximum absolute atomic E-state index is 13.2. The van der Waals surface area contributed by atoms with Crippen molar-refractivity contribution in [2.24, 2.45) is 4.76 Å². The van der Waals surface area contributed by atoms with Crippen molar-refractivity contribution in [3.63, 3.8) is 0 Å². The van der Waals surface area contributed by atoms with E-state index in [1.165, 1.54) is 6.92 Å².